The van der Waals surface area contributed by atoms with Gasteiger partial charge in [0.05, 0.1) is 6.54 Å². The van der Waals surface area contributed by atoms with Gasteiger partial charge in [0.1, 0.15) is 17.3 Å². The van der Waals surface area contributed by atoms with Crippen LogP contribution in [-0.4, -0.2) is 18.4 Å². The molecule has 0 unspecified atom stereocenters. The minimum atomic E-state index is -0.830. The molecule has 0 bridgehead atoms. The molecule has 2 aromatic carbocycles. The van der Waals surface area contributed by atoms with Crippen LogP contribution in [0.2, 0.25) is 0 Å². The van der Waals surface area contributed by atoms with Gasteiger partial charge in [-0.3, -0.25) is 9.59 Å². The van der Waals surface area contributed by atoms with Gasteiger partial charge in [0, 0.05) is 17.3 Å². The first-order chi connectivity index (χ1) is 12.0. The molecular weight excluding hydrogens is 328 g/mol. The van der Waals surface area contributed by atoms with Gasteiger partial charge < -0.3 is 16.0 Å². The lowest BCUT2D eigenvalue weighted by Crippen LogP contribution is -2.23. The van der Waals surface area contributed by atoms with Crippen LogP contribution in [0.15, 0.2) is 42.5 Å². The van der Waals surface area contributed by atoms with Crippen molar-refractivity contribution in [1.29, 1.82) is 0 Å². The fourth-order valence-electron chi connectivity index (χ4n) is 2.24. The molecule has 0 aromatic heterocycles. The molecular formula is C18H17F2N3O2. The number of hydrogen-bond acceptors (Lipinski definition) is 3. The van der Waals surface area contributed by atoms with Crippen LogP contribution in [-0.2, 0) is 9.59 Å². The number of hydrogen-bond donors (Lipinski definition) is 3. The van der Waals surface area contributed by atoms with Gasteiger partial charge in [0.2, 0.25) is 11.8 Å². The van der Waals surface area contributed by atoms with Crippen LogP contribution < -0.4 is 16.0 Å². The zero-order valence-corrected chi connectivity index (χ0v) is 13.3. The maximum Gasteiger partial charge on any atom is 0.243 e. The van der Waals surface area contributed by atoms with Crippen molar-refractivity contribution in [2.45, 2.75) is 12.8 Å². The minimum absolute atomic E-state index is 0.0204. The third-order valence-electron chi connectivity index (χ3n) is 3.78. The molecule has 7 heteroatoms. The summed E-state index contributed by atoms with van der Waals surface area (Å²) in [6, 6.07) is 10.2. The number of para-hydroxylation sites is 1. The molecule has 25 heavy (non-hydrogen) atoms. The number of carbonyl (C=O) groups is 2. The fraction of sp³-hybridized carbons (Fsp3) is 0.222. The zero-order valence-electron chi connectivity index (χ0n) is 13.3. The van der Waals surface area contributed by atoms with E-state index in [9.17, 15) is 18.4 Å². The van der Waals surface area contributed by atoms with Crippen molar-refractivity contribution in [3.05, 3.63) is 54.1 Å². The first-order valence-corrected chi connectivity index (χ1v) is 7.91. The van der Waals surface area contributed by atoms with E-state index in [1.54, 1.807) is 24.3 Å². The largest absolute Gasteiger partial charge is 0.376 e. The Morgan fingerprint density at radius 1 is 0.920 bits per heavy atom. The summed E-state index contributed by atoms with van der Waals surface area (Å²) in [5.74, 6) is -2.09. The monoisotopic (exact) mass is 345 g/mol. The summed E-state index contributed by atoms with van der Waals surface area (Å²) in [5.41, 5.74) is 0.862. The number of halogens is 2. The van der Waals surface area contributed by atoms with E-state index in [0.717, 1.165) is 25.0 Å². The van der Waals surface area contributed by atoms with Crippen molar-refractivity contribution in [2.24, 2.45) is 5.92 Å². The maximum absolute atomic E-state index is 13.5. The Hall–Kier alpha value is -2.96. The molecule has 3 N–H and O–H groups in total. The van der Waals surface area contributed by atoms with E-state index < -0.39 is 23.2 Å². The smallest absolute Gasteiger partial charge is 0.243 e. The Kier molecular flexibility index (Phi) is 4.92. The summed E-state index contributed by atoms with van der Waals surface area (Å²) in [7, 11) is 0. The van der Waals surface area contributed by atoms with Crippen molar-refractivity contribution in [3.8, 4) is 0 Å². The standard InChI is InChI=1S/C18H17F2N3O2/c19-14-2-1-3-15(20)17(14)23-16(24)10-21-12-6-8-13(9-7-12)22-18(25)11-4-5-11/h1-3,6-9,11,21H,4-5,10H2,(H,22,25)(H,23,24). The Morgan fingerprint density at radius 2 is 1.52 bits per heavy atom. The van der Waals surface area contributed by atoms with Crippen molar-refractivity contribution in [1.82, 2.24) is 0 Å². The summed E-state index contributed by atoms with van der Waals surface area (Å²) < 4.78 is 26.9. The first-order valence-electron chi connectivity index (χ1n) is 7.91. The second-order valence-corrected chi connectivity index (χ2v) is 5.84. The van der Waals surface area contributed by atoms with Crippen LogP contribution in [0.3, 0.4) is 0 Å². The molecule has 1 aliphatic carbocycles. The van der Waals surface area contributed by atoms with Crippen LogP contribution in [0.4, 0.5) is 25.8 Å². The molecule has 130 valence electrons. The highest BCUT2D eigenvalue weighted by molar-refractivity contribution is 5.95. The number of carbonyl (C=O) groups excluding carboxylic acids is 2. The molecule has 0 atom stereocenters. The highest BCUT2D eigenvalue weighted by atomic mass is 19.1. The average molecular weight is 345 g/mol. The zero-order chi connectivity index (χ0) is 17.8. The maximum atomic E-state index is 13.5. The predicted octanol–water partition coefficient (Wildman–Crippen LogP) is 3.36. The van der Waals surface area contributed by atoms with Gasteiger partial charge in [0.15, 0.2) is 0 Å². The molecule has 1 saturated carbocycles. The van der Waals surface area contributed by atoms with E-state index in [-0.39, 0.29) is 18.4 Å². The summed E-state index contributed by atoms with van der Waals surface area (Å²) in [4.78, 5) is 23.5. The third-order valence-corrected chi connectivity index (χ3v) is 3.78. The van der Waals surface area contributed by atoms with E-state index in [1.807, 2.05) is 0 Å². The molecule has 3 rings (SSSR count). The molecule has 0 heterocycles. The summed E-state index contributed by atoms with van der Waals surface area (Å²) in [6.07, 6.45) is 1.87. The highest BCUT2D eigenvalue weighted by Crippen LogP contribution is 2.30. The van der Waals surface area contributed by atoms with Crippen LogP contribution in [0, 0.1) is 17.6 Å². The van der Waals surface area contributed by atoms with Gasteiger partial charge in [-0.1, -0.05) is 6.07 Å². The molecule has 0 spiro atoms. The quantitative estimate of drug-likeness (QED) is 0.752. The lowest BCUT2D eigenvalue weighted by Gasteiger charge is -2.10. The number of rotatable bonds is 6. The van der Waals surface area contributed by atoms with Gasteiger partial charge in [-0.2, -0.15) is 0 Å². The van der Waals surface area contributed by atoms with E-state index in [1.165, 1.54) is 6.07 Å². The van der Waals surface area contributed by atoms with Crippen molar-refractivity contribution in [3.63, 3.8) is 0 Å². The minimum Gasteiger partial charge on any atom is -0.376 e. The van der Waals surface area contributed by atoms with Gasteiger partial charge >= 0.3 is 0 Å². The van der Waals surface area contributed by atoms with Gasteiger partial charge in [0.25, 0.3) is 0 Å². The normalized spacial score (nSPS) is 13.2. The van der Waals surface area contributed by atoms with Crippen molar-refractivity contribution >= 4 is 28.9 Å². The van der Waals surface area contributed by atoms with E-state index >= 15 is 0 Å². The van der Waals surface area contributed by atoms with E-state index in [2.05, 4.69) is 16.0 Å². The Bertz CT molecular complexity index is 769. The predicted molar refractivity (Wildman–Crippen MR) is 91.3 cm³/mol. The molecule has 1 aliphatic rings. The van der Waals surface area contributed by atoms with Gasteiger partial charge in [-0.25, -0.2) is 8.78 Å². The van der Waals surface area contributed by atoms with Crippen LogP contribution >= 0.6 is 0 Å². The SMILES string of the molecule is O=C(CNc1ccc(NC(=O)C2CC2)cc1)Nc1c(F)cccc1F. The van der Waals surface area contributed by atoms with Gasteiger partial charge in [-0.05, 0) is 49.2 Å². The number of amides is 2. The Morgan fingerprint density at radius 3 is 2.12 bits per heavy atom. The van der Waals surface area contributed by atoms with E-state index in [4.69, 9.17) is 0 Å². The Labute approximate surface area is 143 Å². The second-order valence-electron chi connectivity index (χ2n) is 5.84. The molecule has 2 aromatic rings. The van der Waals surface area contributed by atoms with Crippen LogP contribution in [0.5, 0.6) is 0 Å². The summed E-state index contributed by atoms with van der Waals surface area (Å²) in [5, 5.41) is 7.86. The molecule has 1 fully saturated rings. The molecule has 2 amide bonds. The molecule has 0 aliphatic heterocycles. The fourth-order valence-corrected chi connectivity index (χ4v) is 2.24. The molecule has 0 radical (unpaired) electrons. The lowest BCUT2D eigenvalue weighted by molar-refractivity contribution is -0.117. The van der Waals surface area contributed by atoms with Crippen molar-refractivity contribution in [2.75, 3.05) is 22.5 Å². The topological polar surface area (TPSA) is 70.2 Å². The van der Waals surface area contributed by atoms with Crippen molar-refractivity contribution < 1.29 is 18.4 Å². The average Bonchev–Trinajstić information content (AvgIpc) is 3.43. The first kappa shape index (κ1) is 16.9. The third kappa shape index (κ3) is 4.53. The molecule has 5 nitrogen and oxygen atoms in total. The summed E-state index contributed by atoms with van der Waals surface area (Å²) in [6.45, 7) is -0.151. The summed E-state index contributed by atoms with van der Waals surface area (Å²) >= 11 is 0. The van der Waals surface area contributed by atoms with Crippen LogP contribution in [0.25, 0.3) is 0 Å². The number of benzene rings is 2. The lowest BCUT2D eigenvalue weighted by atomic mass is 10.2. The van der Waals surface area contributed by atoms with Crippen LogP contribution in [0.1, 0.15) is 12.8 Å². The highest BCUT2D eigenvalue weighted by Gasteiger charge is 2.29. The number of nitrogens with one attached hydrogen (secondary N) is 3. The van der Waals surface area contributed by atoms with E-state index in [0.29, 0.717) is 11.4 Å². The number of anilines is 3. The Balaban J connectivity index is 1.51. The van der Waals surface area contributed by atoms with Gasteiger partial charge in [-0.15, -0.1) is 0 Å². The molecule has 0 saturated heterocycles. The second kappa shape index (κ2) is 7.29.